The lowest BCUT2D eigenvalue weighted by Gasteiger charge is -2.13. The molecule has 2 rings (SSSR count). The first-order chi connectivity index (χ1) is 10.0. The van der Waals surface area contributed by atoms with Crippen molar-refractivity contribution in [1.82, 2.24) is 0 Å². The maximum absolute atomic E-state index is 10.9. The standard InChI is InChI=1S/C18H20O3/c1-3-4-5-16-12(2)15(10-11-17(16)19)13-6-8-14(9-7-13)18(20)21/h6-11,19H,3-5H2,1-2H3,(H,20,21). The smallest absolute Gasteiger partial charge is 0.335 e. The van der Waals surface area contributed by atoms with Crippen LogP contribution in [0.4, 0.5) is 0 Å². The molecule has 0 saturated heterocycles. The Morgan fingerprint density at radius 3 is 2.33 bits per heavy atom. The zero-order valence-electron chi connectivity index (χ0n) is 12.4. The molecule has 0 saturated carbocycles. The lowest BCUT2D eigenvalue weighted by molar-refractivity contribution is 0.0697. The number of carbonyl (C=O) groups is 1. The monoisotopic (exact) mass is 284 g/mol. The van der Waals surface area contributed by atoms with Crippen molar-refractivity contribution in [2.45, 2.75) is 33.1 Å². The molecular weight excluding hydrogens is 264 g/mol. The molecule has 0 radical (unpaired) electrons. The summed E-state index contributed by atoms with van der Waals surface area (Å²) < 4.78 is 0. The van der Waals surface area contributed by atoms with Gasteiger partial charge in [-0.25, -0.2) is 4.79 Å². The Labute approximate surface area is 124 Å². The molecule has 0 amide bonds. The van der Waals surface area contributed by atoms with Crippen LogP contribution in [0.3, 0.4) is 0 Å². The molecule has 0 fully saturated rings. The minimum atomic E-state index is -0.924. The van der Waals surface area contributed by atoms with Gasteiger partial charge >= 0.3 is 5.97 Å². The van der Waals surface area contributed by atoms with Crippen LogP contribution in [-0.2, 0) is 6.42 Å². The number of hydrogen-bond donors (Lipinski definition) is 2. The number of phenolic OH excluding ortho intramolecular Hbond substituents is 1. The summed E-state index contributed by atoms with van der Waals surface area (Å²) >= 11 is 0. The van der Waals surface area contributed by atoms with Crippen LogP contribution in [0.5, 0.6) is 5.75 Å². The van der Waals surface area contributed by atoms with E-state index in [1.807, 2.05) is 25.1 Å². The predicted molar refractivity (Wildman–Crippen MR) is 83.9 cm³/mol. The number of carboxylic acids is 1. The van der Waals surface area contributed by atoms with E-state index in [1.54, 1.807) is 18.2 Å². The van der Waals surface area contributed by atoms with Gasteiger partial charge < -0.3 is 10.2 Å². The number of aromatic carboxylic acids is 1. The second-order valence-electron chi connectivity index (χ2n) is 5.22. The molecular formula is C18H20O3. The van der Waals surface area contributed by atoms with Crippen LogP contribution < -0.4 is 0 Å². The summed E-state index contributed by atoms with van der Waals surface area (Å²) in [6.07, 6.45) is 2.97. The highest BCUT2D eigenvalue weighted by Gasteiger charge is 2.11. The molecule has 0 atom stereocenters. The molecule has 3 nitrogen and oxygen atoms in total. The van der Waals surface area contributed by atoms with Crippen LogP contribution >= 0.6 is 0 Å². The van der Waals surface area contributed by atoms with Crippen LogP contribution in [0.15, 0.2) is 36.4 Å². The maximum atomic E-state index is 10.9. The Balaban J connectivity index is 2.41. The Hall–Kier alpha value is -2.29. The lowest BCUT2D eigenvalue weighted by Crippen LogP contribution is -1.97. The molecule has 2 aromatic rings. The van der Waals surface area contributed by atoms with E-state index in [9.17, 15) is 9.90 Å². The van der Waals surface area contributed by atoms with E-state index in [1.165, 1.54) is 0 Å². The summed E-state index contributed by atoms with van der Waals surface area (Å²) in [5, 5.41) is 19.0. The van der Waals surface area contributed by atoms with E-state index in [0.29, 0.717) is 5.75 Å². The van der Waals surface area contributed by atoms with Crippen molar-refractivity contribution in [3.8, 4) is 16.9 Å². The highest BCUT2D eigenvalue weighted by Crippen LogP contribution is 2.32. The second-order valence-corrected chi connectivity index (χ2v) is 5.22. The molecule has 0 bridgehead atoms. The normalized spacial score (nSPS) is 10.6. The Bertz CT molecular complexity index is 642. The van der Waals surface area contributed by atoms with Crippen LogP contribution in [0.2, 0.25) is 0 Å². The number of aromatic hydroxyl groups is 1. The van der Waals surface area contributed by atoms with Gasteiger partial charge in [0, 0.05) is 0 Å². The molecule has 2 N–H and O–H groups in total. The van der Waals surface area contributed by atoms with Gasteiger partial charge in [0.2, 0.25) is 0 Å². The molecule has 0 aromatic heterocycles. The average Bonchev–Trinajstić information content (AvgIpc) is 2.47. The number of benzene rings is 2. The minimum absolute atomic E-state index is 0.279. The van der Waals surface area contributed by atoms with Gasteiger partial charge in [0.05, 0.1) is 5.56 Å². The highest BCUT2D eigenvalue weighted by molar-refractivity contribution is 5.88. The van der Waals surface area contributed by atoms with Gasteiger partial charge in [0.25, 0.3) is 0 Å². The minimum Gasteiger partial charge on any atom is -0.508 e. The van der Waals surface area contributed by atoms with E-state index in [-0.39, 0.29) is 5.56 Å². The Morgan fingerprint density at radius 1 is 1.10 bits per heavy atom. The van der Waals surface area contributed by atoms with Crippen molar-refractivity contribution in [2.75, 3.05) is 0 Å². The first-order valence-electron chi connectivity index (χ1n) is 7.19. The fourth-order valence-electron chi connectivity index (χ4n) is 2.52. The second kappa shape index (κ2) is 6.44. The Morgan fingerprint density at radius 2 is 1.76 bits per heavy atom. The van der Waals surface area contributed by atoms with Crippen molar-refractivity contribution in [3.05, 3.63) is 53.1 Å². The lowest BCUT2D eigenvalue weighted by atomic mass is 9.93. The zero-order chi connectivity index (χ0) is 15.4. The number of hydrogen-bond acceptors (Lipinski definition) is 2. The van der Waals surface area contributed by atoms with E-state index in [0.717, 1.165) is 41.5 Å². The van der Waals surface area contributed by atoms with Crippen LogP contribution in [-0.4, -0.2) is 16.2 Å². The number of phenols is 1. The van der Waals surface area contributed by atoms with E-state index >= 15 is 0 Å². The van der Waals surface area contributed by atoms with Crippen LogP contribution in [0.25, 0.3) is 11.1 Å². The maximum Gasteiger partial charge on any atom is 0.335 e. The molecule has 0 spiro atoms. The molecule has 3 heteroatoms. The molecule has 21 heavy (non-hydrogen) atoms. The first kappa shape index (κ1) is 15.1. The van der Waals surface area contributed by atoms with Gasteiger partial charge in [-0.15, -0.1) is 0 Å². The Kier molecular flexibility index (Phi) is 4.63. The predicted octanol–water partition coefficient (Wildman–Crippen LogP) is 4.41. The fourth-order valence-corrected chi connectivity index (χ4v) is 2.52. The zero-order valence-corrected chi connectivity index (χ0v) is 12.4. The summed E-state index contributed by atoms with van der Waals surface area (Å²) in [6.45, 7) is 4.13. The molecule has 0 unspecified atom stereocenters. The SMILES string of the molecule is CCCCc1c(O)ccc(-c2ccc(C(=O)O)cc2)c1C. The highest BCUT2D eigenvalue weighted by atomic mass is 16.4. The van der Waals surface area contributed by atoms with Crippen molar-refractivity contribution in [2.24, 2.45) is 0 Å². The number of unbranched alkanes of at least 4 members (excludes halogenated alkanes) is 1. The quantitative estimate of drug-likeness (QED) is 0.855. The van der Waals surface area contributed by atoms with Crippen molar-refractivity contribution in [1.29, 1.82) is 0 Å². The van der Waals surface area contributed by atoms with E-state index < -0.39 is 5.97 Å². The summed E-state index contributed by atoms with van der Waals surface area (Å²) in [7, 11) is 0. The average molecular weight is 284 g/mol. The molecule has 0 aliphatic heterocycles. The molecule has 110 valence electrons. The summed E-state index contributed by atoms with van der Waals surface area (Å²) in [4.78, 5) is 10.9. The van der Waals surface area contributed by atoms with Gasteiger partial charge in [-0.1, -0.05) is 31.5 Å². The molecule has 0 aliphatic rings. The van der Waals surface area contributed by atoms with Crippen molar-refractivity contribution >= 4 is 5.97 Å². The van der Waals surface area contributed by atoms with Crippen molar-refractivity contribution in [3.63, 3.8) is 0 Å². The molecule has 2 aromatic carbocycles. The molecule has 0 aliphatic carbocycles. The van der Waals surface area contributed by atoms with Gasteiger partial charge in [-0.2, -0.15) is 0 Å². The van der Waals surface area contributed by atoms with Gasteiger partial charge in [-0.3, -0.25) is 0 Å². The van der Waals surface area contributed by atoms with E-state index in [2.05, 4.69) is 6.92 Å². The van der Waals surface area contributed by atoms with Gasteiger partial charge in [-0.05, 0) is 60.2 Å². The summed E-state index contributed by atoms with van der Waals surface area (Å²) in [6, 6.07) is 10.4. The fraction of sp³-hybridized carbons (Fsp3) is 0.278. The summed E-state index contributed by atoms with van der Waals surface area (Å²) in [5.41, 5.74) is 4.33. The van der Waals surface area contributed by atoms with Gasteiger partial charge in [0.15, 0.2) is 0 Å². The topological polar surface area (TPSA) is 57.5 Å². The summed E-state index contributed by atoms with van der Waals surface area (Å²) in [5.74, 6) is -0.584. The molecule has 0 heterocycles. The number of carboxylic acid groups (broad SMARTS) is 1. The van der Waals surface area contributed by atoms with Crippen LogP contribution in [0, 0.1) is 6.92 Å². The third-order valence-corrected chi connectivity index (χ3v) is 3.80. The first-order valence-corrected chi connectivity index (χ1v) is 7.19. The van der Waals surface area contributed by atoms with E-state index in [4.69, 9.17) is 5.11 Å². The number of rotatable bonds is 5. The third kappa shape index (κ3) is 3.24. The van der Waals surface area contributed by atoms with Crippen molar-refractivity contribution < 1.29 is 15.0 Å². The van der Waals surface area contributed by atoms with Gasteiger partial charge in [0.1, 0.15) is 5.75 Å². The van der Waals surface area contributed by atoms with Crippen LogP contribution in [0.1, 0.15) is 41.3 Å². The third-order valence-electron chi connectivity index (χ3n) is 3.80. The largest absolute Gasteiger partial charge is 0.508 e.